The number of aryl methyl sites for hydroxylation is 1. The average molecular weight is 252 g/mol. The summed E-state index contributed by atoms with van der Waals surface area (Å²) in [4.78, 5) is 24.5. The van der Waals surface area contributed by atoms with Crippen LogP contribution in [0.15, 0.2) is 10.9 Å². The zero-order chi connectivity index (χ0) is 12.5. The van der Waals surface area contributed by atoms with Gasteiger partial charge >= 0.3 is 11.4 Å². The van der Waals surface area contributed by atoms with Gasteiger partial charge in [0.25, 0.3) is 0 Å². The first-order valence-corrected chi connectivity index (χ1v) is 4.54. The third kappa shape index (κ3) is 2.38. The fraction of sp³-hybridized carbons (Fsp3) is 0.333. The average Bonchev–Trinajstić information content (AvgIpc) is 2.14. The molecule has 1 N–H and O–H groups in total. The van der Waals surface area contributed by atoms with Crippen LogP contribution >= 0.6 is 11.6 Å². The lowest BCUT2D eigenvalue weighted by Gasteiger charge is -2.13. The van der Waals surface area contributed by atoms with E-state index in [-0.39, 0.29) is 5.69 Å². The van der Waals surface area contributed by atoms with Crippen LogP contribution in [0.2, 0.25) is 0 Å². The summed E-state index contributed by atoms with van der Waals surface area (Å²) in [5, 5.41) is -3.80. The number of carbonyl (C=O) groups excluding carboxylic acids is 1. The van der Waals surface area contributed by atoms with Gasteiger partial charge in [-0.2, -0.15) is 8.78 Å². The van der Waals surface area contributed by atoms with Crippen molar-refractivity contribution < 1.29 is 18.3 Å². The van der Waals surface area contributed by atoms with E-state index >= 15 is 0 Å². The Morgan fingerprint density at radius 1 is 1.56 bits per heavy atom. The molecule has 1 rings (SSSR count). The molecule has 1 heterocycles. The molecule has 88 valence electrons. The molecule has 0 aliphatic rings. The van der Waals surface area contributed by atoms with E-state index in [1.807, 2.05) is 0 Å². The molecule has 0 saturated heterocycles. The van der Waals surface area contributed by atoms with Crippen molar-refractivity contribution in [1.82, 2.24) is 4.98 Å². The zero-order valence-corrected chi connectivity index (χ0v) is 9.19. The molecule has 0 aromatic carbocycles. The molecule has 0 saturated carbocycles. The minimum Gasteiger partial charge on any atom is -0.465 e. The van der Waals surface area contributed by atoms with Gasteiger partial charge in [-0.25, -0.2) is 4.79 Å². The summed E-state index contributed by atoms with van der Waals surface area (Å²) in [5.41, 5.74) is -2.07. The lowest BCUT2D eigenvalue weighted by Crippen LogP contribution is -2.21. The highest BCUT2D eigenvalue weighted by Gasteiger charge is 2.35. The number of alkyl halides is 3. The zero-order valence-electron chi connectivity index (χ0n) is 8.44. The van der Waals surface area contributed by atoms with E-state index in [9.17, 15) is 18.4 Å². The number of H-pyrrole nitrogens is 1. The van der Waals surface area contributed by atoms with Crippen molar-refractivity contribution in [3.63, 3.8) is 0 Å². The molecule has 0 fully saturated rings. The topological polar surface area (TPSA) is 59.2 Å². The lowest BCUT2D eigenvalue weighted by molar-refractivity contribution is 0.0568. The molecule has 0 bridgehead atoms. The van der Waals surface area contributed by atoms with Gasteiger partial charge < -0.3 is 9.72 Å². The summed E-state index contributed by atoms with van der Waals surface area (Å²) in [5.74, 6) is -0.982. The molecule has 1 aromatic rings. The minimum absolute atomic E-state index is 0.0188. The second-order valence-electron chi connectivity index (χ2n) is 3.04. The Bertz CT molecular complexity index is 479. The summed E-state index contributed by atoms with van der Waals surface area (Å²) in [6.07, 6.45) is 0. The van der Waals surface area contributed by atoms with Crippen molar-refractivity contribution >= 4 is 17.6 Å². The van der Waals surface area contributed by atoms with Crippen molar-refractivity contribution in [2.45, 2.75) is 12.3 Å². The van der Waals surface area contributed by atoms with E-state index < -0.39 is 28.0 Å². The maximum Gasteiger partial charge on any atom is 0.349 e. The van der Waals surface area contributed by atoms with Gasteiger partial charge in [0, 0.05) is 11.8 Å². The van der Waals surface area contributed by atoms with Crippen LogP contribution in [0.4, 0.5) is 8.78 Å². The van der Waals surface area contributed by atoms with Gasteiger partial charge in [0.2, 0.25) is 5.56 Å². The highest BCUT2D eigenvalue weighted by atomic mass is 35.5. The normalized spacial score (nSPS) is 11.3. The van der Waals surface area contributed by atoms with Gasteiger partial charge in [-0.05, 0) is 18.5 Å². The molecule has 0 radical (unpaired) electrons. The number of rotatable bonds is 2. The number of aromatic amines is 1. The molecule has 0 unspecified atom stereocenters. The number of carbonyl (C=O) groups is 1. The van der Waals surface area contributed by atoms with Gasteiger partial charge in [0.05, 0.1) is 18.2 Å². The Balaban J connectivity index is 3.57. The Morgan fingerprint density at radius 2 is 2.12 bits per heavy atom. The van der Waals surface area contributed by atoms with Crippen LogP contribution in [0.3, 0.4) is 0 Å². The number of pyridine rings is 1. The third-order valence-electron chi connectivity index (χ3n) is 1.93. The van der Waals surface area contributed by atoms with Crippen LogP contribution < -0.4 is 5.56 Å². The molecule has 0 atom stereocenters. The first kappa shape index (κ1) is 12.6. The Kier molecular flexibility index (Phi) is 3.32. The number of hydrogen-bond acceptors (Lipinski definition) is 3. The number of methoxy groups -OCH3 is 1. The molecule has 1 aromatic heterocycles. The number of halogens is 3. The Labute approximate surface area is 94.2 Å². The predicted molar refractivity (Wildman–Crippen MR) is 52.9 cm³/mol. The maximum absolute atomic E-state index is 13.0. The summed E-state index contributed by atoms with van der Waals surface area (Å²) in [7, 11) is 1.04. The number of nitrogens with one attached hydrogen (secondary N) is 1. The highest BCUT2D eigenvalue weighted by molar-refractivity contribution is 6.22. The smallest absolute Gasteiger partial charge is 0.349 e. The summed E-state index contributed by atoms with van der Waals surface area (Å²) in [6, 6.07) is 0.576. The van der Waals surface area contributed by atoms with Gasteiger partial charge in [-0.3, -0.25) is 4.79 Å². The first-order valence-electron chi connectivity index (χ1n) is 4.16. The SMILES string of the molecule is COC(=O)c1c(C(F)(F)Cl)cc(=O)[nH]c1C. The van der Waals surface area contributed by atoms with Crippen LogP contribution in [0, 0.1) is 6.92 Å². The molecule has 7 heteroatoms. The van der Waals surface area contributed by atoms with E-state index in [0.29, 0.717) is 6.07 Å². The second kappa shape index (κ2) is 4.21. The molecule has 4 nitrogen and oxygen atoms in total. The fourth-order valence-corrected chi connectivity index (χ4v) is 1.43. The highest BCUT2D eigenvalue weighted by Crippen LogP contribution is 2.34. The maximum atomic E-state index is 13.0. The molecule has 0 aliphatic carbocycles. The van der Waals surface area contributed by atoms with Crippen molar-refractivity contribution in [3.05, 3.63) is 33.2 Å². The van der Waals surface area contributed by atoms with Crippen molar-refractivity contribution in [1.29, 1.82) is 0 Å². The van der Waals surface area contributed by atoms with Crippen LogP contribution in [-0.2, 0) is 10.1 Å². The molecular weight excluding hydrogens is 244 g/mol. The predicted octanol–water partition coefficient (Wildman–Crippen LogP) is 1.76. The van der Waals surface area contributed by atoms with Crippen LogP contribution in [0.1, 0.15) is 21.6 Å². The van der Waals surface area contributed by atoms with E-state index in [4.69, 9.17) is 11.6 Å². The molecule has 0 spiro atoms. The largest absolute Gasteiger partial charge is 0.465 e. The quantitative estimate of drug-likeness (QED) is 0.644. The van der Waals surface area contributed by atoms with Crippen LogP contribution in [0.25, 0.3) is 0 Å². The van der Waals surface area contributed by atoms with Crippen molar-refractivity contribution in [3.8, 4) is 0 Å². The van der Waals surface area contributed by atoms with E-state index in [1.165, 1.54) is 6.92 Å². The summed E-state index contributed by atoms with van der Waals surface area (Å²) < 4.78 is 30.3. The van der Waals surface area contributed by atoms with Crippen molar-refractivity contribution in [2.75, 3.05) is 7.11 Å². The van der Waals surface area contributed by atoms with Gasteiger partial charge in [0.15, 0.2) is 0 Å². The number of hydrogen-bond donors (Lipinski definition) is 1. The van der Waals surface area contributed by atoms with Gasteiger partial charge in [0.1, 0.15) is 0 Å². The monoisotopic (exact) mass is 251 g/mol. The molecule has 16 heavy (non-hydrogen) atoms. The molecule has 0 amide bonds. The standard InChI is InChI=1S/C9H8ClF2NO3/c1-4-7(8(15)16-2)5(9(10,11)12)3-6(14)13-4/h3H,1-2H3,(H,13,14). The third-order valence-corrected chi connectivity index (χ3v) is 2.13. The van der Waals surface area contributed by atoms with Crippen LogP contribution in [0.5, 0.6) is 0 Å². The van der Waals surface area contributed by atoms with E-state index in [2.05, 4.69) is 9.72 Å². The minimum atomic E-state index is -3.80. The lowest BCUT2D eigenvalue weighted by atomic mass is 10.1. The summed E-state index contributed by atoms with van der Waals surface area (Å²) >= 11 is 4.81. The van der Waals surface area contributed by atoms with E-state index in [1.54, 1.807) is 0 Å². The Hall–Kier alpha value is -1.43. The van der Waals surface area contributed by atoms with Crippen molar-refractivity contribution in [2.24, 2.45) is 0 Å². The van der Waals surface area contributed by atoms with Gasteiger partial charge in [-0.15, -0.1) is 0 Å². The summed E-state index contributed by atoms with van der Waals surface area (Å²) in [6.45, 7) is 1.31. The second-order valence-corrected chi connectivity index (χ2v) is 3.51. The number of aromatic nitrogens is 1. The van der Waals surface area contributed by atoms with Crippen LogP contribution in [-0.4, -0.2) is 18.1 Å². The number of ether oxygens (including phenoxy) is 1. The van der Waals surface area contributed by atoms with Gasteiger partial charge in [-0.1, -0.05) is 0 Å². The Morgan fingerprint density at radius 3 is 2.56 bits per heavy atom. The fourth-order valence-electron chi connectivity index (χ4n) is 1.28. The molecular formula is C9H8ClF2NO3. The number of esters is 1. The van der Waals surface area contributed by atoms with E-state index in [0.717, 1.165) is 7.11 Å². The first-order chi connectivity index (χ1) is 7.27. The molecule has 0 aliphatic heterocycles.